The third-order valence-corrected chi connectivity index (χ3v) is 0. The number of alkyl halides is 2. The molecule has 0 unspecified atom stereocenters. The molecule has 0 spiro atoms. The van der Waals surface area contributed by atoms with E-state index >= 15 is 0 Å². The third kappa shape index (κ3) is 19.5. The van der Waals surface area contributed by atoms with Crippen LogP contribution in [0.15, 0.2) is 0 Å². The SMILES string of the molecule is FCCl.S. The zero-order chi connectivity index (χ0) is 2.71. The topological polar surface area (TPSA) is 0 Å². The molecule has 0 atom stereocenters. The maximum atomic E-state index is 10.1. The van der Waals surface area contributed by atoms with Gasteiger partial charge in [-0.05, 0) is 0 Å². The van der Waals surface area contributed by atoms with E-state index < -0.39 is 6.13 Å². The lowest BCUT2D eigenvalue weighted by Crippen LogP contribution is -1.29. The largest absolute Gasteiger partial charge is 0.234 e. The van der Waals surface area contributed by atoms with Crippen molar-refractivity contribution in [2.24, 2.45) is 0 Å². The van der Waals surface area contributed by atoms with Crippen molar-refractivity contribution in [1.82, 2.24) is 0 Å². The fourth-order valence-corrected chi connectivity index (χ4v) is 0. The molecule has 0 fully saturated rings. The summed E-state index contributed by atoms with van der Waals surface area (Å²) < 4.78 is 10.1. The summed E-state index contributed by atoms with van der Waals surface area (Å²) in [5.74, 6) is 0. The van der Waals surface area contributed by atoms with Crippen LogP contribution in [0.1, 0.15) is 0 Å². The molecular weight excluding hydrogens is 98.5 g/mol. The lowest BCUT2D eigenvalue weighted by molar-refractivity contribution is 0.599. The molecule has 0 aliphatic heterocycles. The van der Waals surface area contributed by atoms with E-state index in [1.54, 1.807) is 0 Å². The Balaban J connectivity index is 0. The van der Waals surface area contributed by atoms with E-state index in [1.165, 1.54) is 0 Å². The Labute approximate surface area is 36.4 Å². The quantitative estimate of drug-likeness (QED) is 0.404. The van der Waals surface area contributed by atoms with Crippen LogP contribution in [-0.4, -0.2) is 6.13 Å². The second-order valence-electron chi connectivity index (χ2n) is 0.101. The lowest BCUT2D eigenvalue weighted by atomic mass is 11.8. The van der Waals surface area contributed by atoms with Crippen molar-refractivity contribution in [2.75, 3.05) is 6.13 Å². The molecule has 0 nitrogen and oxygen atoms in total. The van der Waals surface area contributed by atoms with Gasteiger partial charge in [0.05, 0.1) is 0 Å². The van der Waals surface area contributed by atoms with Gasteiger partial charge in [0.2, 0.25) is 0 Å². The van der Waals surface area contributed by atoms with E-state index in [9.17, 15) is 4.39 Å². The maximum Gasteiger partial charge on any atom is 0.163 e. The van der Waals surface area contributed by atoms with Crippen LogP contribution in [0.25, 0.3) is 0 Å². The van der Waals surface area contributed by atoms with Gasteiger partial charge >= 0.3 is 0 Å². The molecular formula is CH4ClFS. The Bertz CT molecular complexity index is 8.00. The van der Waals surface area contributed by atoms with Crippen molar-refractivity contribution >= 4 is 25.1 Å². The summed E-state index contributed by atoms with van der Waals surface area (Å²) in [7, 11) is 0. The molecule has 0 rings (SSSR count). The van der Waals surface area contributed by atoms with Crippen molar-refractivity contribution in [3.63, 3.8) is 0 Å². The summed E-state index contributed by atoms with van der Waals surface area (Å²) in [5, 5.41) is 0. The highest BCUT2D eigenvalue weighted by molar-refractivity contribution is 7.59. The highest BCUT2D eigenvalue weighted by Gasteiger charge is 1.43. The van der Waals surface area contributed by atoms with Crippen LogP contribution in [0.5, 0.6) is 0 Å². The van der Waals surface area contributed by atoms with Gasteiger partial charge in [-0.25, -0.2) is 4.39 Å². The van der Waals surface area contributed by atoms with Crippen LogP contribution >= 0.6 is 25.1 Å². The fourth-order valence-electron chi connectivity index (χ4n) is 0. The van der Waals surface area contributed by atoms with E-state index in [4.69, 9.17) is 0 Å². The van der Waals surface area contributed by atoms with Crippen LogP contribution in [0.4, 0.5) is 4.39 Å². The zero-order valence-corrected chi connectivity index (χ0v) is 3.72. The van der Waals surface area contributed by atoms with Crippen LogP contribution < -0.4 is 0 Å². The molecule has 0 heterocycles. The van der Waals surface area contributed by atoms with E-state index in [-0.39, 0.29) is 13.5 Å². The highest BCUT2D eigenvalue weighted by Crippen LogP contribution is 1.65. The van der Waals surface area contributed by atoms with Gasteiger partial charge in [-0.15, -0.1) is 0 Å². The molecule has 28 valence electrons. The van der Waals surface area contributed by atoms with Crippen molar-refractivity contribution in [3.05, 3.63) is 0 Å². The number of hydrogen-bond acceptors (Lipinski definition) is 0. The molecule has 4 heavy (non-hydrogen) atoms. The molecule has 0 aromatic heterocycles. The molecule has 0 radical (unpaired) electrons. The molecule has 0 aromatic carbocycles. The average Bonchev–Trinajstić information content (AvgIpc) is 0.918. The highest BCUT2D eigenvalue weighted by atomic mass is 35.5. The van der Waals surface area contributed by atoms with Gasteiger partial charge in [0, 0.05) is 0 Å². The van der Waals surface area contributed by atoms with Crippen LogP contribution in [0.2, 0.25) is 0 Å². The predicted molar refractivity (Wildman–Crippen MR) is 22.2 cm³/mol. The van der Waals surface area contributed by atoms with Gasteiger partial charge in [-0.2, -0.15) is 13.5 Å². The molecule has 0 bridgehead atoms. The monoisotopic (exact) mass is 102 g/mol. The predicted octanol–water partition coefficient (Wildman–Crippen LogP) is 1.26. The average molecular weight is 103 g/mol. The summed E-state index contributed by atoms with van der Waals surface area (Å²) in [6, 6.07) is 0. The summed E-state index contributed by atoms with van der Waals surface area (Å²) in [4.78, 5) is 0. The lowest BCUT2D eigenvalue weighted by Gasteiger charge is -1.42. The van der Waals surface area contributed by atoms with E-state index in [0.29, 0.717) is 0 Å². The van der Waals surface area contributed by atoms with Gasteiger partial charge in [-0.3, -0.25) is 0 Å². The van der Waals surface area contributed by atoms with Gasteiger partial charge in [0.1, 0.15) is 0 Å². The molecule has 0 amide bonds. The first-order valence-electron chi connectivity index (χ1n) is 0.535. The summed E-state index contributed by atoms with van der Waals surface area (Å²) in [6.45, 7) is 0. The van der Waals surface area contributed by atoms with Crippen LogP contribution in [-0.2, 0) is 0 Å². The standard InChI is InChI=1S/CH2ClF.H2S/c2-1-3;/h1H2;1H2. The minimum absolute atomic E-state index is 0. The van der Waals surface area contributed by atoms with Gasteiger partial charge < -0.3 is 0 Å². The summed E-state index contributed by atoms with van der Waals surface area (Å²) in [5.41, 5.74) is 0. The minimum Gasteiger partial charge on any atom is -0.234 e. The van der Waals surface area contributed by atoms with E-state index in [1.807, 2.05) is 0 Å². The Kier molecular flexibility index (Phi) is 21.1. The number of rotatable bonds is 0. The Morgan fingerprint density at radius 3 is 1.75 bits per heavy atom. The first-order valence-corrected chi connectivity index (χ1v) is 1.07. The van der Waals surface area contributed by atoms with Crippen molar-refractivity contribution in [2.45, 2.75) is 0 Å². The second kappa shape index (κ2) is 9.57. The van der Waals surface area contributed by atoms with E-state index in [2.05, 4.69) is 11.6 Å². The van der Waals surface area contributed by atoms with Gasteiger partial charge in [-0.1, -0.05) is 11.6 Å². The zero-order valence-electron chi connectivity index (χ0n) is 1.96. The van der Waals surface area contributed by atoms with Crippen molar-refractivity contribution < 1.29 is 4.39 Å². The molecule has 0 aliphatic rings. The Morgan fingerprint density at radius 2 is 1.75 bits per heavy atom. The molecule has 0 saturated carbocycles. The van der Waals surface area contributed by atoms with Crippen molar-refractivity contribution in [1.29, 1.82) is 0 Å². The number of hydrogen-bond donors (Lipinski definition) is 0. The first kappa shape index (κ1) is 8.82. The Morgan fingerprint density at radius 1 is 1.75 bits per heavy atom. The van der Waals surface area contributed by atoms with Gasteiger partial charge in [0.15, 0.2) is 6.13 Å². The Hall–Kier alpha value is 0.570. The summed E-state index contributed by atoms with van der Waals surface area (Å²) in [6.07, 6.45) is -0.778. The minimum atomic E-state index is -0.778. The molecule has 0 aliphatic carbocycles. The first-order chi connectivity index (χ1) is 1.41. The van der Waals surface area contributed by atoms with E-state index in [0.717, 1.165) is 0 Å². The van der Waals surface area contributed by atoms with Crippen LogP contribution in [0, 0.1) is 0 Å². The number of halogens is 2. The normalized spacial score (nSPS) is 4.50. The molecule has 0 aromatic rings. The maximum absolute atomic E-state index is 10.1. The summed E-state index contributed by atoms with van der Waals surface area (Å²) >= 11 is 4.33. The van der Waals surface area contributed by atoms with Gasteiger partial charge in [0.25, 0.3) is 0 Å². The van der Waals surface area contributed by atoms with Crippen molar-refractivity contribution in [3.8, 4) is 0 Å². The molecule has 0 N–H and O–H groups in total. The smallest absolute Gasteiger partial charge is 0.163 e. The second-order valence-corrected chi connectivity index (χ2v) is 0.303. The van der Waals surface area contributed by atoms with Crippen LogP contribution in [0.3, 0.4) is 0 Å². The third-order valence-electron chi connectivity index (χ3n) is 0. The molecule has 3 heteroatoms. The fraction of sp³-hybridized carbons (Fsp3) is 1.00. The molecule has 0 saturated heterocycles.